The van der Waals surface area contributed by atoms with Gasteiger partial charge in [0.25, 0.3) is 5.91 Å². The quantitative estimate of drug-likeness (QED) is 0.715. The van der Waals surface area contributed by atoms with Crippen LogP contribution in [0.5, 0.6) is 0 Å². The van der Waals surface area contributed by atoms with Crippen LogP contribution in [0.25, 0.3) is 5.69 Å². The fourth-order valence-electron chi connectivity index (χ4n) is 3.30. The summed E-state index contributed by atoms with van der Waals surface area (Å²) in [7, 11) is 0. The van der Waals surface area contributed by atoms with E-state index in [1.54, 1.807) is 28.6 Å². The molecule has 1 aromatic heterocycles. The molecular weight excluding hydrogens is 347 g/mol. The smallest absolute Gasteiger partial charge is 0.255 e. The van der Waals surface area contributed by atoms with Crippen molar-refractivity contribution in [3.05, 3.63) is 77.6 Å². The molecule has 0 N–H and O–H groups in total. The zero-order valence-corrected chi connectivity index (χ0v) is 14.9. The summed E-state index contributed by atoms with van der Waals surface area (Å²) in [5.41, 5.74) is 1.55. The zero-order chi connectivity index (χ0) is 18.8. The molecule has 7 heteroatoms. The van der Waals surface area contributed by atoms with Gasteiger partial charge in [-0.1, -0.05) is 24.3 Å². The van der Waals surface area contributed by atoms with E-state index in [1.165, 1.54) is 12.4 Å². The summed E-state index contributed by atoms with van der Waals surface area (Å²) in [6.07, 6.45) is 1.47. The van der Waals surface area contributed by atoms with Crippen LogP contribution in [0, 0.1) is 12.7 Å². The number of amides is 1. The van der Waals surface area contributed by atoms with Gasteiger partial charge in [-0.2, -0.15) is 5.10 Å². The van der Waals surface area contributed by atoms with Gasteiger partial charge < -0.3 is 9.64 Å². The minimum Gasteiger partial charge on any atom is -0.377 e. The van der Waals surface area contributed by atoms with Crippen LogP contribution in [-0.2, 0) is 4.74 Å². The molecule has 2 aromatic carbocycles. The van der Waals surface area contributed by atoms with Crippen molar-refractivity contribution in [1.82, 2.24) is 19.7 Å². The molecule has 1 saturated heterocycles. The number of para-hydroxylation sites is 1. The van der Waals surface area contributed by atoms with Crippen molar-refractivity contribution in [2.45, 2.75) is 13.0 Å². The lowest BCUT2D eigenvalue weighted by Gasteiger charge is -2.35. The highest BCUT2D eigenvalue weighted by Crippen LogP contribution is 2.27. The number of hydrogen-bond acceptors (Lipinski definition) is 4. The van der Waals surface area contributed by atoms with Crippen molar-refractivity contribution in [2.24, 2.45) is 0 Å². The molecule has 1 unspecified atom stereocenters. The number of nitrogens with zero attached hydrogens (tertiary/aromatic N) is 4. The molecular formula is C20H19FN4O2. The lowest BCUT2D eigenvalue weighted by molar-refractivity contribution is -0.00585. The van der Waals surface area contributed by atoms with Gasteiger partial charge in [0.05, 0.1) is 18.9 Å². The van der Waals surface area contributed by atoms with Crippen LogP contribution < -0.4 is 0 Å². The maximum absolute atomic E-state index is 13.9. The highest BCUT2D eigenvalue weighted by Gasteiger charge is 2.33. The summed E-state index contributed by atoms with van der Waals surface area (Å²) in [6, 6.07) is 13.7. The fourth-order valence-corrected chi connectivity index (χ4v) is 3.30. The molecule has 0 radical (unpaired) electrons. The Morgan fingerprint density at radius 1 is 1.19 bits per heavy atom. The maximum Gasteiger partial charge on any atom is 0.255 e. The minimum absolute atomic E-state index is 0.233. The van der Waals surface area contributed by atoms with Gasteiger partial charge in [-0.15, -0.1) is 0 Å². The molecule has 2 heterocycles. The predicted molar refractivity (Wildman–Crippen MR) is 97.1 cm³/mol. The molecule has 3 aromatic rings. The Kier molecular flexibility index (Phi) is 4.68. The van der Waals surface area contributed by atoms with Gasteiger partial charge >= 0.3 is 0 Å². The average Bonchev–Trinajstić information content (AvgIpc) is 3.20. The molecule has 6 nitrogen and oxygen atoms in total. The molecule has 0 bridgehead atoms. The highest BCUT2D eigenvalue weighted by molar-refractivity contribution is 5.96. The van der Waals surface area contributed by atoms with Gasteiger partial charge in [0.15, 0.2) is 5.82 Å². The molecule has 1 amide bonds. The lowest BCUT2D eigenvalue weighted by Crippen LogP contribution is -2.44. The lowest BCUT2D eigenvalue weighted by atomic mass is 10.1. The van der Waals surface area contributed by atoms with Crippen LogP contribution in [-0.4, -0.2) is 45.3 Å². The van der Waals surface area contributed by atoms with Gasteiger partial charge in [-0.05, 0) is 36.8 Å². The third-order valence-electron chi connectivity index (χ3n) is 4.76. The summed E-state index contributed by atoms with van der Waals surface area (Å²) in [5.74, 6) is -0.00988. The highest BCUT2D eigenvalue weighted by atomic mass is 19.1. The first-order valence-corrected chi connectivity index (χ1v) is 8.76. The van der Waals surface area contributed by atoms with Crippen LogP contribution in [0.1, 0.15) is 27.8 Å². The van der Waals surface area contributed by atoms with E-state index in [4.69, 9.17) is 4.74 Å². The Labute approximate surface area is 156 Å². The number of halogens is 1. The number of rotatable bonds is 3. The van der Waals surface area contributed by atoms with Gasteiger partial charge in [0.2, 0.25) is 0 Å². The summed E-state index contributed by atoms with van der Waals surface area (Å²) in [6.45, 7) is 2.76. The van der Waals surface area contributed by atoms with E-state index in [1.807, 2.05) is 30.3 Å². The van der Waals surface area contributed by atoms with Crippen molar-refractivity contribution in [3.63, 3.8) is 0 Å². The van der Waals surface area contributed by atoms with E-state index < -0.39 is 11.9 Å². The number of morpholine rings is 1. The number of hydrogen-bond donors (Lipinski definition) is 0. The molecule has 0 aliphatic carbocycles. The number of carbonyl (C=O) groups is 1. The summed E-state index contributed by atoms with van der Waals surface area (Å²) in [5, 5.41) is 4.31. The molecule has 1 aliphatic rings. The van der Waals surface area contributed by atoms with Crippen LogP contribution in [0.15, 0.2) is 54.9 Å². The first kappa shape index (κ1) is 17.4. The summed E-state index contributed by atoms with van der Waals surface area (Å²) >= 11 is 0. The Morgan fingerprint density at radius 2 is 2.00 bits per heavy atom. The van der Waals surface area contributed by atoms with Gasteiger partial charge in [0.1, 0.15) is 18.2 Å². The van der Waals surface area contributed by atoms with E-state index in [2.05, 4.69) is 10.1 Å². The van der Waals surface area contributed by atoms with Crippen molar-refractivity contribution in [3.8, 4) is 5.69 Å². The molecule has 0 spiro atoms. The van der Waals surface area contributed by atoms with Crippen LogP contribution in [0.4, 0.5) is 4.39 Å². The first-order chi connectivity index (χ1) is 13.2. The first-order valence-electron chi connectivity index (χ1n) is 8.76. The third kappa shape index (κ3) is 3.21. The zero-order valence-electron chi connectivity index (χ0n) is 14.9. The fraction of sp³-hybridized carbons (Fsp3) is 0.250. The van der Waals surface area contributed by atoms with Crippen molar-refractivity contribution < 1.29 is 13.9 Å². The van der Waals surface area contributed by atoms with E-state index in [9.17, 15) is 9.18 Å². The SMILES string of the molecule is Cc1c(F)cccc1C(=O)N1CCOCC1c1ncnn1-c1ccccc1. The molecule has 1 fully saturated rings. The van der Waals surface area contributed by atoms with Crippen LogP contribution >= 0.6 is 0 Å². The Hall–Kier alpha value is -3.06. The standard InChI is InChI=1S/C20H19FN4O2/c1-14-16(8-5-9-17(14)21)20(26)24-10-11-27-12-18(24)19-22-13-23-25(19)15-6-3-2-4-7-15/h2-9,13,18H,10-12H2,1H3. The molecule has 4 rings (SSSR count). The number of ether oxygens (including phenoxy) is 1. The van der Waals surface area contributed by atoms with Gasteiger partial charge in [-0.25, -0.2) is 14.1 Å². The van der Waals surface area contributed by atoms with E-state index in [0.29, 0.717) is 36.7 Å². The molecule has 1 aliphatic heterocycles. The van der Waals surface area contributed by atoms with Gasteiger partial charge in [-0.3, -0.25) is 4.79 Å². The second kappa shape index (κ2) is 7.28. The number of aromatic nitrogens is 3. The van der Waals surface area contributed by atoms with Crippen molar-refractivity contribution in [2.75, 3.05) is 19.8 Å². The average molecular weight is 366 g/mol. The van der Waals surface area contributed by atoms with Crippen molar-refractivity contribution in [1.29, 1.82) is 0 Å². The topological polar surface area (TPSA) is 60.3 Å². The normalized spacial score (nSPS) is 17.1. The molecule has 138 valence electrons. The second-order valence-corrected chi connectivity index (χ2v) is 6.37. The third-order valence-corrected chi connectivity index (χ3v) is 4.76. The molecule has 1 atom stereocenters. The Bertz CT molecular complexity index is 958. The monoisotopic (exact) mass is 366 g/mol. The minimum atomic E-state index is -0.406. The summed E-state index contributed by atoms with van der Waals surface area (Å²) in [4.78, 5) is 19.2. The second-order valence-electron chi connectivity index (χ2n) is 6.37. The maximum atomic E-state index is 13.9. The van der Waals surface area contributed by atoms with Crippen molar-refractivity contribution >= 4 is 5.91 Å². The van der Waals surface area contributed by atoms with Crippen LogP contribution in [0.3, 0.4) is 0 Å². The number of benzene rings is 2. The van der Waals surface area contributed by atoms with Gasteiger partial charge in [0, 0.05) is 12.1 Å². The Morgan fingerprint density at radius 3 is 2.81 bits per heavy atom. The van der Waals surface area contributed by atoms with E-state index >= 15 is 0 Å². The Balaban J connectivity index is 1.71. The summed E-state index contributed by atoms with van der Waals surface area (Å²) < 4.78 is 21.3. The molecule has 0 saturated carbocycles. The van der Waals surface area contributed by atoms with Crippen LogP contribution in [0.2, 0.25) is 0 Å². The number of carbonyl (C=O) groups excluding carboxylic acids is 1. The van der Waals surface area contributed by atoms with E-state index in [0.717, 1.165) is 5.69 Å². The van der Waals surface area contributed by atoms with E-state index in [-0.39, 0.29) is 5.91 Å². The largest absolute Gasteiger partial charge is 0.377 e. The molecule has 27 heavy (non-hydrogen) atoms. The predicted octanol–water partition coefficient (Wildman–Crippen LogP) is 2.93.